The van der Waals surface area contributed by atoms with Crippen LogP contribution < -0.4 is 5.73 Å². The van der Waals surface area contributed by atoms with Crippen LogP contribution >= 0.6 is 0 Å². The molecule has 1 aliphatic rings. The van der Waals surface area contributed by atoms with Crippen molar-refractivity contribution in [2.45, 2.75) is 25.8 Å². The van der Waals surface area contributed by atoms with Gasteiger partial charge in [0.15, 0.2) is 0 Å². The number of carbonyl (C=O) groups excluding carboxylic acids is 2. The van der Waals surface area contributed by atoms with Crippen molar-refractivity contribution in [1.29, 1.82) is 0 Å². The van der Waals surface area contributed by atoms with E-state index in [1.165, 1.54) is 4.90 Å². The summed E-state index contributed by atoms with van der Waals surface area (Å²) in [5.41, 5.74) is 5.22. The molecule has 0 aromatic heterocycles. The number of hydrogen-bond donors (Lipinski definition) is 1. The summed E-state index contributed by atoms with van der Waals surface area (Å²) < 4.78 is 26.4. The van der Waals surface area contributed by atoms with Crippen molar-refractivity contribution in [2.75, 3.05) is 19.4 Å². The number of nitrogens with two attached hydrogens (primary N) is 1. The molecule has 1 heterocycles. The molecule has 2 unspecified atom stereocenters. The monoisotopic (exact) mass is 278 g/mol. The first-order valence-corrected chi connectivity index (χ1v) is 7.49. The fraction of sp³-hybridized carbons (Fsp3) is 0.800. The number of carbonyl (C=O) groups is 2. The van der Waals surface area contributed by atoms with Crippen molar-refractivity contribution in [2.24, 2.45) is 11.7 Å². The van der Waals surface area contributed by atoms with Gasteiger partial charge in [-0.05, 0) is 6.42 Å². The molecule has 1 saturated heterocycles. The van der Waals surface area contributed by atoms with Crippen molar-refractivity contribution in [3.05, 3.63) is 0 Å². The van der Waals surface area contributed by atoms with E-state index in [1.54, 1.807) is 6.92 Å². The Morgan fingerprint density at radius 2 is 2.22 bits per heavy atom. The summed E-state index contributed by atoms with van der Waals surface area (Å²) in [5.74, 6) is -0.959. The third-order valence-electron chi connectivity index (χ3n) is 2.85. The molecule has 0 radical (unpaired) electrons. The molecule has 104 valence electrons. The summed E-state index contributed by atoms with van der Waals surface area (Å²) in [6.07, 6.45) is 1.58. The number of primary amides is 1. The minimum Gasteiger partial charge on any atom is -0.368 e. The zero-order valence-corrected chi connectivity index (χ0v) is 11.3. The molecule has 1 fully saturated rings. The van der Waals surface area contributed by atoms with E-state index >= 15 is 0 Å². The fourth-order valence-corrected chi connectivity index (χ4v) is 2.46. The van der Waals surface area contributed by atoms with E-state index < -0.39 is 22.1 Å². The normalized spacial score (nSPS) is 22.2. The highest BCUT2D eigenvalue weighted by Crippen LogP contribution is 2.22. The first kappa shape index (κ1) is 14.9. The van der Waals surface area contributed by atoms with Crippen LogP contribution in [0.15, 0.2) is 0 Å². The molecule has 1 rings (SSSR count). The number of amides is 2. The molecule has 2 amide bonds. The van der Waals surface area contributed by atoms with Crippen LogP contribution in [0.25, 0.3) is 0 Å². The Balaban J connectivity index is 2.61. The van der Waals surface area contributed by atoms with Gasteiger partial charge in [0.2, 0.25) is 11.8 Å². The fourth-order valence-electron chi connectivity index (χ4n) is 2.02. The molecule has 8 heteroatoms. The summed E-state index contributed by atoms with van der Waals surface area (Å²) >= 11 is 0. The lowest BCUT2D eigenvalue weighted by Crippen LogP contribution is -2.45. The third kappa shape index (κ3) is 3.95. The van der Waals surface area contributed by atoms with Crippen molar-refractivity contribution in [3.8, 4) is 0 Å². The van der Waals surface area contributed by atoms with Crippen molar-refractivity contribution < 1.29 is 22.2 Å². The number of likely N-dealkylation sites (tertiary alicyclic amines) is 1. The van der Waals surface area contributed by atoms with Crippen molar-refractivity contribution >= 4 is 21.9 Å². The topological polar surface area (TPSA) is 107 Å². The Morgan fingerprint density at radius 3 is 2.67 bits per heavy atom. The highest BCUT2D eigenvalue weighted by Gasteiger charge is 2.36. The van der Waals surface area contributed by atoms with Crippen molar-refractivity contribution in [3.63, 3.8) is 0 Å². The second kappa shape index (κ2) is 5.66. The van der Waals surface area contributed by atoms with Gasteiger partial charge in [-0.1, -0.05) is 6.92 Å². The van der Waals surface area contributed by atoms with E-state index in [-0.39, 0.29) is 24.9 Å². The molecule has 0 saturated carbocycles. The average Bonchev–Trinajstić information content (AvgIpc) is 2.57. The molecule has 2 atom stereocenters. The van der Waals surface area contributed by atoms with Crippen molar-refractivity contribution in [1.82, 2.24) is 4.90 Å². The van der Waals surface area contributed by atoms with E-state index in [0.717, 1.165) is 6.26 Å². The highest BCUT2D eigenvalue weighted by atomic mass is 32.2. The maximum Gasteiger partial charge on any atom is 0.264 e. The Kier molecular flexibility index (Phi) is 4.69. The minimum atomic E-state index is -3.51. The molecule has 7 nitrogen and oxygen atoms in total. The summed E-state index contributed by atoms with van der Waals surface area (Å²) in [5, 5.41) is 0. The van der Waals surface area contributed by atoms with Gasteiger partial charge in [0.25, 0.3) is 10.1 Å². The molecule has 0 aromatic carbocycles. The molecule has 0 bridgehead atoms. The predicted molar refractivity (Wildman–Crippen MR) is 63.9 cm³/mol. The van der Waals surface area contributed by atoms with Crippen LogP contribution in [-0.2, 0) is 23.9 Å². The standard InChI is InChI=1S/C10H18N2O5S/c1-3-8(10(11)14)12-5-7(4-9(12)13)6-17-18(2,15)16/h7-8H,3-6H2,1-2H3,(H2,11,14). The van der Waals surface area contributed by atoms with Gasteiger partial charge >= 0.3 is 0 Å². The Morgan fingerprint density at radius 1 is 1.61 bits per heavy atom. The molecule has 0 spiro atoms. The Labute approximate surface area is 106 Å². The molecule has 18 heavy (non-hydrogen) atoms. The number of nitrogens with zero attached hydrogens (tertiary/aromatic N) is 1. The van der Waals surface area contributed by atoms with Gasteiger partial charge < -0.3 is 10.6 Å². The van der Waals surface area contributed by atoms with Crippen LogP contribution in [0.5, 0.6) is 0 Å². The molecule has 0 aliphatic carbocycles. The maximum atomic E-state index is 11.7. The number of rotatable bonds is 6. The number of hydrogen-bond acceptors (Lipinski definition) is 5. The summed E-state index contributed by atoms with van der Waals surface area (Å²) in [6.45, 7) is 2.02. The van der Waals surface area contributed by atoms with E-state index in [2.05, 4.69) is 4.18 Å². The van der Waals surface area contributed by atoms with Gasteiger partial charge in [0.1, 0.15) is 6.04 Å². The van der Waals surface area contributed by atoms with Crippen LogP contribution in [0.1, 0.15) is 19.8 Å². The van der Waals surface area contributed by atoms with Gasteiger partial charge in [-0.25, -0.2) is 0 Å². The first-order chi connectivity index (χ1) is 8.24. The van der Waals surface area contributed by atoms with E-state index in [0.29, 0.717) is 13.0 Å². The lowest BCUT2D eigenvalue weighted by Gasteiger charge is -2.24. The van der Waals surface area contributed by atoms with Gasteiger partial charge in [-0.15, -0.1) is 0 Å². The maximum absolute atomic E-state index is 11.7. The Hall–Kier alpha value is -1.15. The van der Waals surface area contributed by atoms with Crippen LogP contribution in [0, 0.1) is 5.92 Å². The van der Waals surface area contributed by atoms with Crippen LogP contribution in [0.4, 0.5) is 0 Å². The molecular weight excluding hydrogens is 260 g/mol. The largest absolute Gasteiger partial charge is 0.368 e. The second-order valence-corrected chi connectivity index (χ2v) is 6.08. The van der Waals surface area contributed by atoms with Crippen LogP contribution in [0.2, 0.25) is 0 Å². The summed E-state index contributed by atoms with van der Waals surface area (Å²) in [6, 6.07) is -0.624. The van der Waals surface area contributed by atoms with Crippen LogP contribution in [-0.4, -0.2) is 50.6 Å². The summed E-state index contributed by atoms with van der Waals surface area (Å²) in [4.78, 5) is 24.3. The van der Waals surface area contributed by atoms with Gasteiger partial charge in [0, 0.05) is 18.9 Å². The smallest absolute Gasteiger partial charge is 0.264 e. The molecular formula is C10H18N2O5S. The lowest BCUT2D eigenvalue weighted by molar-refractivity contribution is -0.136. The average molecular weight is 278 g/mol. The second-order valence-electron chi connectivity index (χ2n) is 4.43. The van der Waals surface area contributed by atoms with E-state index in [9.17, 15) is 18.0 Å². The molecule has 2 N–H and O–H groups in total. The SMILES string of the molecule is CCC(C(N)=O)N1CC(COS(C)(=O)=O)CC1=O. The van der Waals surface area contributed by atoms with Gasteiger partial charge in [-0.2, -0.15) is 8.42 Å². The van der Waals surface area contributed by atoms with E-state index in [4.69, 9.17) is 5.73 Å². The highest BCUT2D eigenvalue weighted by molar-refractivity contribution is 7.85. The van der Waals surface area contributed by atoms with Crippen LogP contribution in [0.3, 0.4) is 0 Å². The Bertz CT molecular complexity index is 434. The van der Waals surface area contributed by atoms with Gasteiger partial charge in [-0.3, -0.25) is 13.8 Å². The minimum absolute atomic E-state index is 0.0454. The summed E-state index contributed by atoms with van der Waals surface area (Å²) in [7, 11) is -3.51. The van der Waals surface area contributed by atoms with Gasteiger partial charge in [0.05, 0.1) is 12.9 Å². The quantitative estimate of drug-likeness (QED) is 0.632. The first-order valence-electron chi connectivity index (χ1n) is 5.67. The molecule has 1 aliphatic heterocycles. The predicted octanol–water partition coefficient (Wildman–Crippen LogP) is -0.925. The van der Waals surface area contributed by atoms with E-state index in [1.807, 2.05) is 0 Å². The third-order valence-corrected chi connectivity index (χ3v) is 3.41. The zero-order chi connectivity index (χ0) is 13.9. The lowest BCUT2D eigenvalue weighted by atomic mass is 10.1. The molecule has 0 aromatic rings. The zero-order valence-electron chi connectivity index (χ0n) is 10.5.